The Morgan fingerprint density at radius 2 is 1.85 bits per heavy atom. The molecule has 0 aliphatic heterocycles. The van der Waals surface area contributed by atoms with Crippen molar-refractivity contribution in [2.24, 2.45) is 0 Å². The molecule has 2 aromatic carbocycles. The largest absolute Gasteiger partial charge is 0.327 e. The minimum Gasteiger partial charge on any atom is -0.322 e. The maximum Gasteiger partial charge on any atom is 0.327 e. The number of pyridine rings is 1. The second kappa shape index (κ2) is 6.23. The zero-order valence-electron chi connectivity index (χ0n) is 13.2. The van der Waals surface area contributed by atoms with E-state index in [1.54, 1.807) is 6.07 Å². The molecular formula is C18H11BrN4O3. The molecule has 0 radical (unpaired) electrons. The molecule has 4 rings (SSSR count). The van der Waals surface area contributed by atoms with Gasteiger partial charge in [0, 0.05) is 16.4 Å². The van der Waals surface area contributed by atoms with Crippen molar-refractivity contribution in [2.75, 3.05) is 5.32 Å². The summed E-state index contributed by atoms with van der Waals surface area (Å²) in [6.07, 6.45) is 1.31. The van der Waals surface area contributed by atoms with Crippen molar-refractivity contribution in [3.8, 4) is 0 Å². The number of rotatable bonds is 2. The number of anilines is 1. The summed E-state index contributed by atoms with van der Waals surface area (Å²) in [6, 6.07) is 12.8. The summed E-state index contributed by atoms with van der Waals surface area (Å²) < 4.78 is 0.858. The SMILES string of the molecule is O=C(Nc1cc(Br)c2ccccc2c1)c1cnc2[nH]c(=O)[nH]c(=O)c2c1. The van der Waals surface area contributed by atoms with Gasteiger partial charge in [0.1, 0.15) is 5.65 Å². The summed E-state index contributed by atoms with van der Waals surface area (Å²) in [5.41, 5.74) is -0.299. The zero-order valence-corrected chi connectivity index (χ0v) is 14.8. The van der Waals surface area contributed by atoms with Crippen LogP contribution in [0.15, 0.2) is 62.7 Å². The van der Waals surface area contributed by atoms with E-state index in [0.717, 1.165) is 15.2 Å². The Bertz CT molecular complexity index is 1290. The fourth-order valence-electron chi connectivity index (χ4n) is 2.71. The molecule has 3 N–H and O–H groups in total. The first kappa shape index (κ1) is 16.2. The predicted octanol–water partition coefficient (Wildman–Crippen LogP) is 2.78. The quantitative estimate of drug-likeness (QED) is 0.472. The second-order valence-corrected chi connectivity index (χ2v) is 6.52. The summed E-state index contributed by atoms with van der Waals surface area (Å²) in [4.78, 5) is 44.2. The average molecular weight is 411 g/mol. The van der Waals surface area contributed by atoms with Crippen LogP contribution < -0.4 is 16.6 Å². The average Bonchev–Trinajstić information content (AvgIpc) is 2.61. The number of carbonyl (C=O) groups excluding carboxylic acids is 1. The van der Waals surface area contributed by atoms with Crippen LogP contribution in [0.2, 0.25) is 0 Å². The molecular weight excluding hydrogens is 400 g/mol. The van der Waals surface area contributed by atoms with Crippen LogP contribution in [0.1, 0.15) is 10.4 Å². The highest BCUT2D eigenvalue weighted by atomic mass is 79.9. The van der Waals surface area contributed by atoms with Gasteiger partial charge in [-0.15, -0.1) is 0 Å². The van der Waals surface area contributed by atoms with Crippen molar-refractivity contribution in [3.05, 3.63) is 79.5 Å². The number of carbonyl (C=O) groups is 1. The minimum absolute atomic E-state index is 0.128. The number of H-pyrrole nitrogens is 2. The maximum absolute atomic E-state index is 12.5. The van der Waals surface area contributed by atoms with E-state index in [0.29, 0.717) is 5.69 Å². The molecule has 0 spiro atoms. The summed E-state index contributed by atoms with van der Waals surface area (Å²) >= 11 is 3.50. The summed E-state index contributed by atoms with van der Waals surface area (Å²) in [5.74, 6) is -0.410. The molecule has 1 amide bonds. The number of aromatic amines is 2. The van der Waals surface area contributed by atoms with E-state index in [2.05, 4.69) is 36.2 Å². The van der Waals surface area contributed by atoms with Crippen LogP contribution in [0.25, 0.3) is 21.8 Å². The highest BCUT2D eigenvalue weighted by Crippen LogP contribution is 2.28. The fourth-order valence-corrected chi connectivity index (χ4v) is 3.32. The first-order valence-electron chi connectivity index (χ1n) is 7.63. The maximum atomic E-state index is 12.5. The number of hydrogen-bond donors (Lipinski definition) is 3. The molecule has 0 saturated carbocycles. The van der Waals surface area contributed by atoms with Crippen molar-refractivity contribution in [2.45, 2.75) is 0 Å². The second-order valence-electron chi connectivity index (χ2n) is 5.66. The van der Waals surface area contributed by atoms with Gasteiger partial charge in [0.2, 0.25) is 0 Å². The highest BCUT2D eigenvalue weighted by molar-refractivity contribution is 9.10. The highest BCUT2D eigenvalue weighted by Gasteiger charge is 2.11. The van der Waals surface area contributed by atoms with Gasteiger partial charge in [0.25, 0.3) is 11.5 Å². The van der Waals surface area contributed by atoms with Crippen LogP contribution in [-0.4, -0.2) is 20.9 Å². The van der Waals surface area contributed by atoms with Gasteiger partial charge in [-0.25, -0.2) is 9.78 Å². The van der Waals surface area contributed by atoms with Crippen LogP contribution in [0.5, 0.6) is 0 Å². The number of halogens is 1. The van der Waals surface area contributed by atoms with Gasteiger partial charge < -0.3 is 5.32 Å². The van der Waals surface area contributed by atoms with Crippen molar-refractivity contribution in [1.82, 2.24) is 15.0 Å². The first-order chi connectivity index (χ1) is 12.5. The third kappa shape index (κ3) is 2.91. The van der Waals surface area contributed by atoms with Crippen molar-refractivity contribution in [1.29, 1.82) is 0 Å². The number of hydrogen-bond acceptors (Lipinski definition) is 4. The third-order valence-electron chi connectivity index (χ3n) is 3.92. The number of fused-ring (bicyclic) bond motifs is 2. The molecule has 0 saturated heterocycles. The predicted molar refractivity (Wildman–Crippen MR) is 103 cm³/mol. The van der Waals surface area contributed by atoms with Gasteiger partial charge in [-0.1, -0.05) is 40.2 Å². The Hall–Kier alpha value is -3.26. The third-order valence-corrected chi connectivity index (χ3v) is 4.58. The topological polar surface area (TPSA) is 108 Å². The van der Waals surface area contributed by atoms with Crippen LogP contribution in [-0.2, 0) is 0 Å². The summed E-state index contributed by atoms with van der Waals surface area (Å²) in [7, 11) is 0. The van der Waals surface area contributed by atoms with Gasteiger partial charge in [0.05, 0.1) is 10.9 Å². The van der Waals surface area contributed by atoms with E-state index in [9.17, 15) is 14.4 Å². The van der Waals surface area contributed by atoms with Gasteiger partial charge >= 0.3 is 5.69 Å². The number of benzene rings is 2. The van der Waals surface area contributed by atoms with Crippen molar-refractivity contribution < 1.29 is 4.79 Å². The lowest BCUT2D eigenvalue weighted by atomic mass is 10.1. The molecule has 0 fully saturated rings. The molecule has 0 unspecified atom stereocenters. The molecule has 2 heterocycles. The van der Waals surface area contributed by atoms with Crippen LogP contribution in [0, 0.1) is 0 Å². The fraction of sp³-hybridized carbons (Fsp3) is 0. The number of nitrogens with one attached hydrogen (secondary N) is 3. The van der Waals surface area contributed by atoms with Crippen LogP contribution in [0.3, 0.4) is 0 Å². The monoisotopic (exact) mass is 410 g/mol. The van der Waals surface area contributed by atoms with Gasteiger partial charge in [-0.3, -0.25) is 19.6 Å². The number of aromatic nitrogens is 3. The smallest absolute Gasteiger partial charge is 0.322 e. The molecule has 2 aromatic heterocycles. The minimum atomic E-state index is -0.645. The number of amides is 1. The zero-order chi connectivity index (χ0) is 18.3. The van der Waals surface area contributed by atoms with E-state index in [-0.39, 0.29) is 16.6 Å². The van der Waals surface area contributed by atoms with Gasteiger partial charge in [-0.05, 0) is 29.0 Å². The van der Waals surface area contributed by atoms with E-state index >= 15 is 0 Å². The van der Waals surface area contributed by atoms with Crippen molar-refractivity contribution >= 4 is 49.3 Å². The Morgan fingerprint density at radius 3 is 2.69 bits per heavy atom. The van der Waals surface area contributed by atoms with E-state index in [1.165, 1.54) is 12.3 Å². The molecule has 4 aromatic rings. The molecule has 0 bridgehead atoms. The summed E-state index contributed by atoms with van der Waals surface area (Å²) in [5, 5.41) is 4.94. The first-order valence-corrected chi connectivity index (χ1v) is 8.42. The lowest BCUT2D eigenvalue weighted by Crippen LogP contribution is -2.23. The summed E-state index contributed by atoms with van der Waals surface area (Å²) in [6.45, 7) is 0. The van der Waals surface area contributed by atoms with Crippen molar-refractivity contribution in [3.63, 3.8) is 0 Å². The lowest BCUT2D eigenvalue weighted by Gasteiger charge is -2.08. The van der Waals surface area contributed by atoms with Gasteiger partial charge in [0.15, 0.2) is 0 Å². The lowest BCUT2D eigenvalue weighted by molar-refractivity contribution is 0.102. The molecule has 7 nitrogen and oxygen atoms in total. The van der Waals surface area contributed by atoms with Gasteiger partial charge in [-0.2, -0.15) is 0 Å². The standard InChI is InChI=1S/C18H11BrN4O3/c19-14-7-11(5-9-3-1-2-4-12(9)14)21-16(24)10-6-13-15(20-8-10)22-18(26)23-17(13)25/h1-8H,(H,21,24)(H2,20,22,23,25,26). The Labute approximate surface area is 154 Å². The van der Waals surface area contributed by atoms with Crippen LogP contribution >= 0.6 is 15.9 Å². The normalized spacial score (nSPS) is 11.0. The molecule has 128 valence electrons. The molecule has 0 aliphatic carbocycles. The Morgan fingerprint density at radius 1 is 1.04 bits per heavy atom. The molecule has 8 heteroatoms. The van der Waals surface area contributed by atoms with E-state index < -0.39 is 17.2 Å². The Balaban J connectivity index is 1.71. The Kier molecular flexibility index (Phi) is 3.89. The van der Waals surface area contributed by atoms with E-state index in [1.807, 2.05) is 30.3 Å². The molecule has 0 aliphatic rings. The number of nitrogens with zero attached hydrogens (tertiary/aromatic N) is 1. The molecule has 0 atom stereocenters. The van der Waals surface area contributed by atoms with Crippen LogP contribution in [0.4, 0.5) is 5.69 Å². The molecule has 26 heavy (non-hydrogen) atoms. The van der Waals surface area contributed by atoms with E-state index in [4.69, 9.17) is 0 Å².